The highest BCUT2D eigenvalue weighted by Crippen LogP contribution is 2.53. The van der Waals surface area contributed by atoms with E-state index >= 15 is 0 Å². The van der Waals surface area contributed by atoms with Crippen LogP contribution in [0, 0.1) is 11.3 Å². The fraction of sp³-hybridized carbons (Fsp3) is 0.462. The van der Waals surface area contributed by atoms with Gasteiger partial charge in [-0.1, -0.05) is 37.3 Å². The average Bonchev–Trinajstić information content (AvgIpc) is 2.82. The van der Waals surface area contributed by atoms with Gasteiger partial charge in [0.05, 0.1) is 30.8 Å². The Morgan fingerprint density at radius 3 is 2.41 bits per heavy atom. The Kier molecular flexibility index (Phi) is 7.56. The van der Waals surface area contributed by atoms with Crippen LogP contribution in [-0.4, -0.2) is 33.1 Å². The molecule has 3 atom stereocenters. The minimum absolute atomic E-state index is 0.112. The fourth-order valence-electron chi connectivity index (χ4n) is 4.60. The molecule has 0 heterocycles. The molecule has 1 aliphatic carbocycles. The molecule has 6 nitrogen and oxygen atoms in total. The van der Waals surface area contributed by atoms with Crippen molar-refractivity contribution in [1.29, 1.82) is 0 Å². The van der Waals surface area contributed by atoms with Gasteiger partial charge >= 0.3 is 5.97 Å². The Morgan fingerprint density at radius 2 is 1.81 bits per heavy atom. The number of esters is 1. The molecule has 1 fully saturated rings. The van der Waals surface area contributed by atoms with E-state index < -0.39 is 17.5 Å². The van der Waals surface area contributed by atoms with Gasteiger partial charge in [-0.05, 0) is 43.4 Å². The van der Waals surface area contributed by atoms with Gasteiger partial charge in [0.25, 0.3) is 0 Å². The number of carbonyl (C=O) groups is 2. The number of hydrogen-bond acceptors (Lipinski definition) is 6. The van der Waals surface area contributed by atoms with E-state index in [0.29, 0.717) is 29.0 Å². The van der Waals surface area contributed by atoms with Crippen LogP contribution in [0.25, 0.3) is 0 Å². The Morgan fingerprint density at radius 1 is 1.12 bits per heavy atom. The second kappa shape index (κ2) is 10.2. The lowest BCUT2D eigenvalue weighted by Crippen LogP contribution is -2.44. The largest absolute Gasteiger partial charge is 0.496 e. The van der Waals surface area contributed by atoms with Crippen LogP contribution < -0.4 is 9.47 Å². The Labute approximate surface area is 189 Å². The van der Waals surface area contributed by atoms with Gasteiger partial charge in [0, 0.05) is 13.5 Å². The number of methoxy groups -OCH3 is 3. The van der Waals surface area contributed by atoms with Gasteiger partial charge in [-0.3, -0.25) is 4.79 Å². The second-order valence-electron chi connectivity index (χ2n) is 8.47. The Hall–Kier alpha value is -2.86. The molecule has 2 aromatic carbocycles. The highest BCUT2D eigenvalue weighted by atomic mass is 16.5. The molecule has 1 saturated carbocycles. The molecular formula is C26H32O6. The lowest BCUT2D eigenvalue weighted by atomic mass is 9.62. The Balaban J connectivity index is 2.14. The zero-order valence-corrected chi connectivity index (χ0v) is 19.5. The summed E-state index contributed by atoms with van der Waals surface area (Å²) in [4.78, 5) is 25.5. The smallest absolute Gasteiger partial charge is 0.338 e. The molecule has 32 heavy (non-hydrogen) atoms. The number of ether oxygens (including phenoxy) is 4. The second-order valence-corrected chi connectivity index (χ2v) is 8.47. The first-order valence-electron chi connectivity index (χ1n) is 10.9. The highest BCUT2D eigenvalue weighted by molar-refractivity contribution is 5.91. The summed E-state index contributed by atoms with van der Waals surface area (Å²) in [7, 11) is 4.45. The maximum absolute atomic E-state index is 13.2. The average molecular weight is 441 g/mol. The zero-order chi connectivity index (χ0) is 23.3. The first kappa shape index (κ1) is 23.8. The summed E-state index contributed by atoms with van der Waals surface area (Å²) in [6.45, 7) is 4.34. The van der Waals surface area contributed by atoms with Crippen molar-refractivity contribution in [3.05, 3.63) is 59.2 Å². The number of benzene rings is 2. The van der Waals surface area contributed by atoms with E-state index in [1.54, 1.807) is 19.2 Å². The maximum atomic E-state index is 13.2. The lowest BCUT2D eigenvalue weighted by Gasteiger charge is -2.44. The van der Waals surface area contributed by atoms with Gasteiger partial charge < -0.3 is 18.9 Å². The minimum atomic E-state index is -0.752. The summed E-state index contributed by atoms with van der Waals surface area (Å²) >= 11 is 0. The SMILES string of the molecule is COC(=O)c1cc(OC)c(C(OC)[C@@]2(C)C(=O)CCC[C@@H]2C)c(OCc2ccccc2)c1. The predicted octanol–water partition coefficient (Wildman–Crippen LogP) is 5.14. The standard InChI is InChI=1S/C26H32O6/c1-17-10-9-13-22(27)26(17,2)24(30-4)23-20(29-3)14-19(25(28)31-5)15-21(23)32-16-18-11-7-6-8-12-18/h6-8,11-12,14-15,17,24H,9-10,13,16H2,1-5H3/t17-,24?,26+/m0/s1. The van der Waals surface area contributed by atoms with Crippen LogP contribution in [-0.2, 0) is 20.9 Å². The third-order valence-electron chi connectivity index (χ3n) is 6.69. The van der Waals surface area contributed by atoms with Crippen LogP contribution >= 0.6 is 0 Å². The summed E-state index contributed by atoms with van der Waals surface area (Å²) < 4.78 is 22.8. The van der Waals surface area contributed by atoms with E-state index in [2.05, 4.69) is 6.92 Å². The quantitative estimate of drug-likeness (QED) is 0.529. The van der Waals surface area contributed by atoms with Crippen LogP contribution in [0.4, 0.5) is 0 Å². The van der Waals surface area contributed by atoms with Crippen molar-refractivity contribution in [3.8, 4) is 11.5 Å². The summed E-state index contributed by atoms with van der Waals surface area (Å²) in [5.41, 5.74) is 1.16. The summed E-state index contributed by atoms with van der Waals surface area (Å²) in [5, 5.41) is 0. The normalized spacial score (nSPS) is 21.7. The van der Waals surface area contributed by atoms with Gasteiger partial charge in [0.1, 0.15) is 30.0 Å². The number of hydrogen-bond donors (Lipinski definition) is 0. The first-order chi connectivity index (χ1) is 15.4. The van der Waals surface area contributed by atoms with Gasteiger partial charge in [-0.25, -0.2) is 4.79 Å². The summed E-state index contributed by atoms with van der Waals surface area (Å²) in [5.74, 6) is 0.639. The highest BCUT2D eigenvalue weighted by Gasteiger charge is 2.50. The molecule has 0 radical (unpaired) electrons. The van der Waals surface area contributed by atoms with Crippen LogP contribution in [0.15, 0.2) is 42.5 Å². The monoisotopic (exact) mass is 440 g/mol. The van der Waals surface area contributed by atoms with Crippen molar-refractivity contribution < 1.29 is 28.5 Å². The van der Waals surface area contributed by atoms with E-state index in [1.807, 2.05) is 37.3 Å². The third kappa shape index (κ3) is 4.51. The number of ketones is 1. The van der Waals surface area contributed by atoms with Crippen molar-refractivity contribution >= 4 is 11.8 Å². The van der Waals surface area contributed by atoms with Crippen molar-refractivity contribution in [3.63, 3.8) is 0 Å². The number of Topliss-reactive ketones (excluding diaryl/α,β-unsaturated/α-hetero) is 1. The molecule has 172 valence electrons. The number of carbonyl (C=O) groups excluding carboxylic acids is 2. The molecule has 0 amide bonds. The molecule has 0 saturated heterocycles. The zero-order valence-electron chi connectivity index (χ0n) is 19.5. The predicted molar refractivity (Wildman–Crippen MR) is 121 cm³/mol. The van der Waals surface area contributed by atoms with Gasteiger partial charge in [-0.15, -0.1) is 0 Å². The molecule has 0 bridgehead atoms. The van der Waals surface area contributed by atoms with Crippen LogP contribution in [0.5, 0.6) is 11.5 Å². The van der Waals surface area contributed by atoms with E-state index in [1.165, 1.54) is 14.2 Å². The fourth-order valence-corrected chi connectivity index (χ4v) is 4.60. The number of rotatable bonds is 8. The van der Waals surface area contributed by atoms with E-state index in [9.17, 15) is 9.59 Å². The lowest BCUT2D eigenvalue weighted by molar-refractivity contribution is -0.146. The van der Waals surface area contributed by atoms with Crippen molar-refractivity contribution in [2.75, 3.05) is 21.3 Å². The molecule has 0 spiro atoms. The first-order valence-corrected chi connectivity index (χ1v) is 10.9. The maximum Gasteiger partial charge on any atom is 0.338 e. The van der Waals surface area contributed by atoms with Crippen molar-refractivity contribution in [2.45, 2.75) is 45.8 Å². The van der Waals surface area contributed by atoms with E-state index in [-0.39, 0.29) is 18.3 Å². The van der Waals surface area contributed by atoms with Crippen LogP contribution in [0.1, 0.15) is 60.7 Å². The molecular weight excluding hydrogens is 408 g/mol. The summed E-state index contributed by atoms with van der Waals surface area (Å²) in [6, 6.07) is 13.0. The third-order valence-corrected chi connectivity index (χ3v) is 6.69. The van der Waals surface area contributed by atoms with E-state index in [4.69, 9.17) is 18.9 Å². The molecule has 0 aliphatic heterocycles. The molecule has 1 unspecified atom stereocenters. The van der Waals surface area contributed by atoms with Crippen molar-refractivity contribution in [2.24, 2.45) is 11.3 Å². The summed E-state index contributed by atoms with van der Waals surface area (Å²) in [6.07, 6.45) is 1.73. The van der Waals surface area contributed by atoms with E-state index in [0.717, 1.165) is 18.4 Å². The molecule has 2 aromatic rings. The molecule has 0 N–H and O–H groups in total. The topological polar surface area (TPSA) is 71.1 Å². The van der Waals surface area contributed by atoms with Crippen molar-refractivity contribution in [1.82, 2.24) is 0 Å². The van der Waals surface area contributed by atoms with Crippen LogP contribution in [0.3, 0.4) is 0 Å². The molecule has 3 rings (SSSR count). The minimum Gasteiger partial charge on any atom is -0.496 e. The molecule has 1 aliphatic rings. The molecule has 0 aromatic heterocycles. The van der Waals surface area contributed by atoms with Gasteiger partial charge in [-0.2, -0.15) is 0 Å². The van der Waals surface area contributed by atoms with Crippen LogP contribution in [0.2, 0.25) is 0 Å². The van der Waals surface area contributed by atoms with Gasteiger partial charge in [0.15, 0.2) is 0 Å². The van der Waals surface area contributed by atoms with Gasteiger partial charge in [0.2, 0.25) is 0 Å². The Bertz CT molecular complexity index is 954. The molecule has 6 heteroatoms.